The van der Waals surface area contributed by atoms with Crippen LogP contribution in [0.1, 0.15) is 17.0 Å². The molecule has 238 valence electrons. The van der Waals surface area contributed by atoms with Crippen LogP contribution in [0.4, 0.5) is 17.1 Å². The molecule has 1 aliphatic heterocycles. The zero-order chi connectivity index (χ0) is 33.3. The van der Waals surface area contributed by atoms with Crippen molar-refractivity contribution in [3.63, 3.8) is 0 Å². The van der Waals surface area contributed by atoms with E-state index in [0.717, 1.165) is 22.8 Å². The van der Waals surface area contributed by atoms with Crippen LogP contribution in [0.25, 0.3) is 39.0 Å². The average Bonchev–Trinajstić information content (AvgIpc) is 3.58. The van der Waals surface area contributed by atoms with Gasteiger partial charge in [0, 0.05) is 28.5 Å². The summed E-state index contributed by atoms with van der Waals surface area (Å²) in [4.78, 5) is 2.33. The number of allylic oxidation sites excluding steroid dienone is 2. The first-order valence-corrected chi connectivity index (χ1v) is 17.2. The molecule has 0 radical (unpaired) electrons. The van der Waals surface area contributed by atoms with Crippen LogP contribution in [-0.2, 0) is 0 Å². The summed E-state index contributed by atoms with van der Waals surface area (Å²) in [5.74, 6) is 1.26. The zero-order valence-electron chi connectivity index (χ0n) is 27.6. The number of rotatable bonds is 7. The lowest BCUT2D eigenvalue weighted by Crippen LogP contribution is -2.17. The van der Waals surface area contributed by atoms with E-state index in [1.54, 1.807) is 0 Å². The summed E-state index contributed by atoms with van der Waals surface area (Å²) in [7, 11) is 0. The molecule has 7 aromatic rings. The van der Waals surface area contributed by atoms with Crippen molar-refractivity contribution in [2.75, 3.05) is 4.90 Å². The molecule has 0 fully saturated rings. The second-order valence-electron chi connectivity index (χ2n) is 12.9. The third kappa shape index (κ3) is 5.71. The third-order valence-corrected chi connectivity index (χ3v) is 9.86. The Balaban J connectivity index is 1.02. The Morgan fingerprint density at radius 1 is 0.380 bits per heavy atom. The maximum Gasteiger partial charge on any atom is 0.128 e. The van der Waals surface area contributed by atoms with E-state index in [2.05, 4.69) is 199 Å². The van der Waals surface area contributed by atoms with Crippen molar-refractivity contribution in [1.82, 2.24) is 0 Å². The Morgan fingerprint density at radius 3 is 1.28 bits per heavy atom. The predicted octanol–water partition coefficient (Wildman–Crippen LogP) is 12.7. The molecule has 0 saturated heterocycles. The number of ether oxygens (including phenoxy) is 1. The van der Waals surface area contributed by atoms with Gasteiger partial charge in [-0.15, -0.1) is 0 Å². The van der Waals surface area contributed by atoms with Gasteiger partial charge in [-0.05, 0) is 93.1 Å². The summed E-state index contributed by atoms with van der Waals surface area (Å²) in [6.07, 6.45) is 6.83. The monoisotopic (exact) mass is 641 g/mol. The minimum atomic E-state index is 0.0276. The van der Waals surface area contributed by atoms with Crippen LogP contribution in [0.5, 0.6) is 5.75 Å². The van der Waals surface area contributed by atoms with Gasteiger partial charge in [-0.1, -0.05) is 152 Å². The standard InChI is InChI=1S/C48H35NO/c1-3-9-34(10-4-1)36-15-17-37(18-16-36)39-21-28-43(29-22-39)49(42-26-19-38(20-27-42)35-11-5-2-6-12-35)44-30-23-40(24-31-44)41-25-32-46-45-13-7-8-14-47(45)50-48(46)33-41/h1-33,46,48H. The molecule has 0 aromatic heterocycles. The van der Waals surface area contributed by atoms with Crippen molar-refractivity contribution >= 4 is 22.6 Å². The van der Waals surface area contributed by atoms with Crippen LogP contribution >= 0.6 is 0 Å². The topological polar surface area (TPSA) is 12.5 Å². The Morgan fingerprint density at radius 2 is 0.780 bits per heavy atom. The molecule has 1 aliphatic carbocycles. The van der Waals surface area contributed by atoms with Gasteiger partial charge in [0.25, 0.3) is 0 Å². The van der Waals surface area contributed by atoms with E-state index in [1.807, 2.05) is 6.07 Å². The van der Waals surface area contributed by atoms with Crippen LogP contribution in [0, 0.1) is 0 Å². The fourth-order valence-electron chi connectivity index (χ4n) is 7.22. The number of benzene rings is 7. The van der Waals surface area contributed by atoms with E-state index in [4.69, 9.17) is 4.74 Å². The lowest BCUT2D eigenvalue weighted by atomic mass is 9.87. The largest absolute Gasteiger partial charge is 0.485 e. The lowest BCUT2D eigenvalue weighted by molar-refractivity contribution is 0.269. The SMILES string of the molecule is C1=CC2c3ccccc3OC2C=C1c1ccc(N(c2ccc(-c3ccccc3)cc2)c2ccc(-c3ccc(-c4ccccc4)cc3)cc2)cc1. The Bertz CT molecular complexity index is 2300. The highest BCUT2D eigenvalue weighted by Crippen LogP contribution is 2.43. The van der Waals surface area contributed by atoms with Gasteiger partial charge in [-0.2, -0.15) is 0 Å². The van der Waals surface area contributed by atoms with Crippen LogP contribution in [0.15, 0.2) is 200 Å². The summed E-state index contributed by atoms with van der Waals surface area (Å²) in [5.41, 5.74) is 14.2. The second kappa shape index (κ2) is 12.9. The van der Waals surface area contributed by atoms with E-state index in [9.17, 15) is 0 Å². The van der Waals surface area contributed by atoms with Crippen LogP contribution in [0.3, 0.4) is 0 Å². The number of para-hydroxylation sites is 1. The summed E-state index contributed by atoms with van der Waals surface area (Å²) >= 11 is 0. The molecular weight excluding hydrogens is 607 g/mol. The normalized spacial score (nSPS) is 15.8. The van der Waals surface area contributed by atoms with E-state index in [0.29, 0.717) is 0 Å². The van der Waals surface area contributed by atoms with E-state index >= 15 is 0 Å². The quantitative estimate of drug-likeness (QED) is 0.172. The molecule has 1 heterocycles. The van der Waals surface area contributed by atoms with E-state index in [1.165, 1.54) is 50.1 Å². The first-order valence-electron chi connectivity index (χ1n) is 17.2. The van der Waals surface area contributed by atoms with Gasteiger partial charge >= 0.3 is 0 Å². The molecule has 9 rings (SSSR count). The minimum Gasteiger partial charge on any atom is -0.485 e. The number of nitrogens with zero attached hydrogens (tertiary/aromatic N) is 1. The van der Waals surface area contributed by atoms with Crippen molar-refractivity contribution in [2.45, 2.75) is 12.0 Å². The Kier molecular flexibility index (Phi) is 7.68. The molecule has 2 unspecified atom stereocenters. The fraction of sp³-hybridized carbons (Fsp3) is 0.0417. The number of fused-ring (bicyclic) bond motifs is 3. The van der Waals surface area contributed by atoms with Gasteiger partial charge in [-0.25, -0.2) is 0 Å². The van der Waals surface area contributed by atoms with Gasteiger partial charge in [0.1, 0.15) is 11.9 Å². The lowest BCUT2D eigenvalue weighted by Gasteiger charge is -2.26. The minimum absolute atomic E-state index is 0.0276. The predicted molar refractivity (Wildman–Crippen MR) is 208 cm³/mol. The molecule has 2 nitrogen and oxygen atoms in total. The van der Waals surface area contributed by atoms with Gasteiger partial charge < -0.3 is 9.64 Å². The molecule has 0 N–H and O–H groups in total. The van der Waals surface area contributed by atoms with Crippen LogP contribution < -0.4 is 9.64 Å². The summed E-state index contributed by atoms with van der Waals surface area (Å²) in [5, 5.41) is 0. The second-order valence-corrected chi connectivity index (χ2v) is 12.9. The highest BCUT2D eigenvalue weighted by molar-refractivity contribution is 5.83. The smallest absolute Gasteiger partial charge is 0.128 e. The maximum absolute atomic E-state index is 6.31. The molecule has 0 amide bonds. The van der Waals surface area contributed by atoms with Crippen molar-refractivity contribution < 1.29 is 4.74 Å². The third-order valence-electron chi connectivity index (χ3n) is 9.86. The zero-order valence-corrected chi connectivity index (χ0v) is 27.6. The van der Waals surface area contributed by atoms with Crippen molar-refractivity contribution in [3.05, 3.63) is 211 Å². The molecule has 50 heavy (non-hydrogen) atoms. The number of anilines is 3. The highest BCUT2D eigenvalue weighted by Gasteiger charge is 2.33. The Labute approximate surface area is 293 Å². The highest BCUT2D eigenvalue weighted by atomic mass is 16.5. The molecule has 2 heteroatoms. The first-order chi connectivity index (χ1) is 24.8. The maximum atomic E-state index is 6.31. The summed E-state index contributed by atoms with van der Waals surface area (Å²) < 4.78 is 6.31. The molecular formula is C48H35NO. The van der Waals surface area contributed by atoms with Crippen LogP contribution in [0.2, 0.25) is 0 Å². The molecule has 2 aliphatic rings. The molecule has 0 bridgehead atoms. The molecule has 0 spiro atoms. The van der Waals surface area contributed by atoms with E-state index in [-0.39, 0.29) is 12.0 Å². The van der Waals surface area contributed by atoms with Gasteiger partial charge in [0.05, 0.1) is 0 Å². The van der Waals surface area contributed by atoms with Crippen molar-refractivity contribution in [3.8, 4) is 39.1 Å². The molecule has 7 aromatic carbocycles. The van der Waals surface area contributed by atoms with Crippen molar-refractivity contribution in [2.24, 2.45) is 0 Å². The van der Waals surface area contributed by atoms with Crippen molar-refractivity contribution in [1.29, 1.82) is 0 Å². The molecule has 0 saturated carbocycles. The van der Waals surface area contributed by atoms with Gasteiger partial charge in [-0.3, -0.25) is 0 Å². The van der Waals surface area contributed by atoms with Gasteiger partial charge in [0.2, 0.25) is 0 Å². The average molecular weight is 642 g/mol. The summed E-state index contributed by atoms with van der Waals surface area (Å²) in [6, 6.07) is 64.9. The number of hydrogen-bond donors (Lipinski definition) is 0. The van der Waals surface area contributed by atoms with Gasteiger partial charge in [0.15, 0.2) is 0 Å². The van der Waals surface area contributed by atoms with Crippen LogP contribution in [-0.4, -0.2) is 6.10 Å². The first kappa shape index (κ1) is 29.7. The van der Waals surface area contributed by atoms with E-state index < -0.39 is 0 Å². The fourth-order valence-corrected chi connectivity index (χ4v) is 7.22. The Hall–Kier alpha value is -6.38. The number of hydrogen-bond acceptors (Lipinski definition) is 2. The molecule has 2 atom stereocenters. The summed E-state index contributed by atoms with van der Waals surface area (Å²) in [6.45, 7) is 0.